The Balaban J connectivity index is 1.69. The summed E-state index contributed by atoms with van der Waals surface area (Å²) in [5.74, 6) is 0.756. The van der Waals surface area contributed by atoms with E-state index >= 15 is 0 Å². The van der Waals surface area contributed by atoms with Gasteiger partial charge in [-0.1, -0.05) is 37.5 Å². The first-order chi connectivity index (χ1) is 10.7. The lowest BCUT2D eigenvalue weighted by Crippen LogP contribution is -2.27. The van der Waals surface area contributed by atoms with E-state index in [2.05, 4.69) is 22.8 Å². The number of hydrazone groups is 1. The predicted octanol–water partition coefficient (Wildman–Crippen LogP) is 3.87. The fourth-order valence-electron chi connectivity index (χ4n) is 2.85. The molecule has 0 saturated heterocycles. The van der Waals surface area contributed by atoms with Crippen molar-refractivity contribution in [3.63, 3.8) is 0 Å². The molecule has 4 heteroatoms. The molecule has 0 heterocycles. The van der Waals surface area contributed by atoms with Crippen LogP contribution in [0.2, 0.25) is 0 Å². The SMILES string of the molecule is CCCC1CCC(=NNC(=O)CNc2ccc(C)cc2)CC1. The molecule has 120 valence electrons. The standard InChI is InChI=1S/C18H27N3O/c1-3-4-15-7-11-17(12-8-15)20-21-18(22)13-19-16-9-5-14(2)6-10-16/h5-6,9-10,15,19H,3-4,7-8,11-13H2,1-2H3,(H,21,22). The summed E-state index contributed by atoms with van der Waals surface area (Å²) in [6, 6.07) is 8.00. The average Bonchev–Trinajstić information content (AvgIpc) is 2.54. The highest BCUT2D eigenvalue weighted by Crippen LogP contribution is 2.25. The highest BCUT2D eigenvalue weighted by atomic mass is 16.2. The van der Waals surface area contributed by atoms with Crippen LogP contribution in [-0.2, 0) is 4.79 Å². The second-order valence-electron chi connectivity index (χ2n) is 6.16. The average molecular weight is 301 g/mol. The van der Waals surface area contributed by atoms with Crippen LogP contribution < -0.4 is 10.7 Å². The molecule has 1 aliphatic carbocycles. The van der Waals surface area contributed by atoms with E-state index in [1.807, 2.05) is 31.2 Å². The van der Waals surface area contributed by atoms with Crippen molar-refractivity contribution >= 4 is 17.3 Å². The summed E-state index contributed by atoms with van der Waals surface area (Å²) in [4.78, 5) is 11.8. The molecule has 1 saturated carbocycles. The van der Waals surface area contributed by atoms with Gasteiger partial charge in [-0.05, 0) is 50.7 Å². The van der Waals surface area contributed by atoms with Crippen molar-refractivity contribution in [3.8, 4) is 0 Å². The van der Waals surface area contributed by atoms with E-state index in [0.717, 1.165) is 30.2 Å². The second-order valence-corrected chi connectivity index (χ2v) is 6.16. The van der Waals surface area contributed by atoms with E-state index in [4.69, 9.17) is 0 Å². The van der Waals surface area contributed by atoms with Crippen LogP contribution in [0.4, 0.5) is 5.69 Å². The normalized spacial score (nSPS) is 17.9. The fourth-order valence-corrected chi connectivity index (χ4v) is 2.85. The number of carbonyl (C=O) groups is 1. The van der Waals surface area contributed by atoms with E-state index in [-0.39, 0.29) is 12.5 Å². The molecule has 0 radical (unpaired) electrons. The first-order valence-corrected chi connectivity index (χ1v) is 8.32. The fraction of sp³-hybridized carbons (Fsp3) is 0.556. The number of amides is 1. The quantitative estimate of drug-likeness (QED) is 0.784. The van der Waals surface area contributed by atoms with Crippen LogP contribution in [0.3, 0.4) is 0 Å². The lowest BCUT2D eigenvalue weighted by atomic mass is 9.85. The number of hydrogen-bond acceptors (Lipinski definition) is 3. The molecule has 2 N–H and O–H groups in total. The lowest BCUT2D eigenvalue weighted by molar-refractivity contribution is -0.119. The van der Waals surface area contributed by atoms with Gasteiger partial charge in [-0.3, -0.25) is 4.79 Å². The molecular weight excluding hydrogens is 274 g/mol. The molecule has 0 bridgehead atoms. The van der Waals surface area contributed by atoms with Gasteiger partial charge in [0.15, 0.2) is 0 Å². The van der Waals surface area contributed by atoms with E-state index in [9.17, 15) is 4.79 Å². The number of nitrogens with zero attached hydrogens (tertiary/aromatic N) is 1. The van der Waals surface area contributed by atoms with Crippen molar-refractivity contribution in [1.29, 1.82) is 0 Å². The zero-order valence-corrected chi connectivity index (χ0v) is 13.7. The molecule has 0 aromatic heterocycles. The van der Waals surface area contributed by atoms with Crippen LogP contribution in [0.1, 0.15) is 51.0 Å². The Morgan fingerprint density at radius 3 is 2.55 bits per heavy atom. The molecule has 0 aliphatic heterocycles. The van der Waals surface area contributed by atoms with Gasteiger partial charge in [0, 0.05) is 11.4 Å². The third-order valence-corrected chi connectivity index (χ3v) is 4.22. The zero-order chi connectivity index (χ0) is 15.8. The van der Waals surface area contributed by atoms with Crippen molar-refractivity contribution < 1.29 is 4.79 Å². The van der Waals surface area contributed by atoms with Gasteiger partial charge in [-0.15, -0.1) is 0 Å². The number of nitrogens with one attached hydrogen (secondary N) is 2. The Kier molecular flexibility index (Phi) is 6.44. The maximum absolute atomic E-state index is 11.8. The molecule has 1 fully saturated rings. The summed E-state index contributed by atoms with van der Waals surface area (Å²) in [5, 5.41) is 7.38. The van der Waals surface area contributed by atoms with Crippen LogP contribution in [0.25, 0.3) is 0 Å². The Morgan fingerprint density at radius 2 is 1.91 bits per heavy atom. The van der Waals surface area contributed by atoms with E-state index in [1.165, 1.54) is 31.2 Å². The van der Waals surface area contributed by atoms with Crippen LogP contribution in [-0.4, -0.2) is 18.2 Å². The van der Waals surface area contributed by atoms with E-state index < -0.39 is 0 Å². The van der Waals surface area contributed by atoms with E-state index in [0.29, 0.717) is 0 Å². The molecule has 0 spiro atoms. The molecule has 2 rings (SSSR count). The molecule has 0 atom stereocenters. The third-order valence-electron chi connectivity index (χ3n) is 4.22. The van der Waals surface area contributed by atoms with Crippen molar-refractivity contribution in [1.82, 2.24) is 5.43 Å². The number of aryl methyl sites for hydroxylation is 1. The number of anilines is 1. The Morgan fingerprint density at radius 1 is 1.23 bits per heavy atom. The van der Waals surface area contributed by atoms with Crippen LogP contribution >= 0.6 is 0 Å². The summed E-state index contributed by atoms with van der Waals surface area (Å²) in [5.41, 5.74) is 5.96. The number of rotatable bonds is 6. The molecule has 1 aromatic rings. The molecule has 1 amide bonds. The number of benzene rings is 1. The van der Waals surface area contributed by atoms with Crippen molar-refractivity contribution in [2.24, 2.45) is 11.0 Å². The molecule has 0 unspecified atom stereocenters. The third kappa shape index (κ3) is 5.51. The van der Waals surface area contributed by atoms with Crippen LogP contribution in [0.15, 0.2) is 29.4 Å². The van der Waals surface area contributed by atoms with Gasteiger partial charge in [-0.25, -0.2) is 5.43 Å². The Bertz CT molecular complexity index is 498. The van der Waals surface area contributed by atoms with Gasteiger partial charge in [-0.2, -0.15) is 5.10 Å². The highest BCUT2D eigenvalue weighted by molar-refractivity contribution is 5.87. The minimum absolute atomic E-state index is 0.0937. The largest absolute Gasteiger partial charge is 0.376 e. The highest BCUT2D eigenvalue weighted by Gasteiger charge is 2.16. The van der Waals surface area contributed by atoms with Gasteiger partial charge in [0.2, 0.25) is 0 Å². The second kappa shape index (κ2) is 8.57. The van der Waals surface area contributed by atoms with Crippen LogP contribution in [0.5, 0.6) is 0 Å². The van der Waals surface area contributed by atoms with Crippen molar-refractivity contribution in [2.45, 2.75) is 52.4 Å². The van der Waals surface area contributed by atoms with Gasteiger partial charge in [0.05, 0.1) is 6.54 Å². The van der Waals surface area contributed by atoms with Gasteiger partial charge in [0.25, 0.3) is 5.91 Å². The molecule has 1 aromatic carbocycles. The lowest BCUT2D eigenvalue weighted by Gasteiger charge is -2.22. The first kappa shape index (κ1) is 16.5. The first-order valence-electron chi connectivity index (χ1n) is 8.32. The molecule has 22 heavy (non-hydrogen) atoms. The summed E-state index contributed by atoms with van der Waals surface area (Å²) in [6.45, 7) is 4.53. The molecule has 4 nitrogen and oxygen atoms in total. The van der Waals surface area contributed by atoms with Crippen molar-refractivity contribution in [2.75, 3.05) is 11.9 Å². The molecule has 1 aliphatic rings. The molecular formula is C18H27N3O. The van der Waals surface area contributed by atoms with Gasteiger partial charge < -0.3 is 5.32 Å². The smallest absolute Gasteiger partial charge is 0.259 e. The summed E-state index contributed by atoms with van der Waals surface area (Å²) in [7, 11) is 0. The number of carbonyl (C=O) groups excluding carboxylic acids is 1. The summed E-state index contributed by atoms with van der Waals surface area (Å²) < 4.78 is 0. The maximum Gasteiger partial charge on any atom is 0.259 e. The van der Waals surface area contributed by atoms with Crippen molar-refractivity contribution in [3.05, 3.63) is 29.8 Å². The Labute approximate surface area is 133 Å². The predicted molar refractivity (Wildman–Crippen MR) is 92.1 cm³/mol. The van der Waals surface area contributed by atoms with Gasteiger partial charge >= 0.3 is 0 Å². The van der Waals surface area contributed by atoms with E-state index in [1.54, 1.807) is 0 Å². The summed E-state index contributed by atoms with van der Waals surface area (Å²) >= 11 is 0. The minimum Gasteiger partial charge on any atom is -0.376 e. The monoisotopic (exact) mass is 301 g/mol. The number of hydrogen-bond donors (Lipinski definition) is 2. The minimum atomic E-state index is -0.0937. The van der Waals surface area contributed by atoms with Crippen LogP contribution in [0, 0.1) is 12.8 Å². The Hall–Kier alpha value is -1.84. The maximum atomic E-state index is 11.8. The van der Waals surface area contributed by atoms with Gasteiger partial charge in [0.1, 0.15) is 0 Å². The zero-order valence-electron chi connectivity index (χ0n) is 13.7. The topological polar surface area (TPSA) is 53.5 Å². The summed E-state index contributed by atoms with van der Waals surface area (Å²) in [6.07, 6.45) is 7.06.